The number of amides is 1. The van der Waals surface area contributed by atoms with Gasteiger partial charge in [0, 0.05) is 17.9 Å². The van der Waals surface area contributed by atoms with Crippen molar-refractivity contribution in [3.63, 3.8) is 0 Å². The Balaban J connectivity index is 1.87. The maximum atomic E-state index is 13.0. The molecule has 1 aromatic carbocycles. The molecule has 0 bridgehead atoms. The van der Waals surface area contributed by atoms with Gasteiger partial charge in [-0.25, -0.2) is 4.39 Å². The van der Waals surface area contributed by atoms with Gasteiger partial charge >= 0.3 is 0 Å². The van der Waals surface area contributed by atoms with Crippen LogP contribution < -0.4 is 5.32 Å². The van der Waals surface area contributed by atoms with Crippen LogP contribution in [0.25, 0.3) is 0 Å². The Morgan fingerprint density at radius 2 is 2.09 bits per heavy atom. The van der Waals surface area contributed by atoms with Gasteiger partial charge in [-0.1, -0.05) is 23.7 Å². The first kappa shape index (κ1) is 16.6. The molecule has 0 saturated carbocycles. The highest BCUT2D eigenvalue weighted by atomic mass is 35.5. The fourth-order valence-corrected chi connectivity index (χ4v) is 3.06. The van der Waals surface area contributed by atoms with Gasteiger partial charge in [0.15, 0.2) is 5.78 Å². The number of ketones is 1. The largest absolute Gasteiger partial charge is 0.350 e. The summed E-state index contributed by atoms with van der Waals surface area (Å²) in [5, 5.41) is 4.85. The van der Waals surface area contributed by atoms with Gasteiger partial charge in [0.2, 0.25) is 5.91 Å². The van der Waals surface area contributed by atoms with E-state index >= 15 is 0 Å². The highest BCUT2D eigenvalue weighted by Gasteiger charge is 2.15. The summed E-state index contributed by atoms with van der Waals surface area (Å²) < 4.78 is 13.0. The lowest BCUT2D eigenvalue weighted by Gasteiger charge is -2.15. The Bertz CT molecular complexity index is 673. The predicted molar refractivity (Wildman–Crippen MR) is 85.9 cm³/mol. The lowest BCUT2D eigenvalue weighted by Crippen LogP contribution is -2.27. The van der Waals surface area contributed by atoms with Gasteiger partial charge in [-0.3, -0.25) is 9.59 Å². The van der Waals surface area contributed by atoms with Gasteiger partial charge in [-0.05, 0) is 36.1 Å². The highest BCUT2D eigenvalue weighted by Crippen LogP contribution is 2.23. The van der Waals surface area contributed by atoms with Gasteiger partial charge < -0.3 is 5.32 Å². The van der Waals surface area contributed by atoms with Crippen LogP contribution >= 0.6 is 22.9 Å². The van der Waals surface area contributed by atoms with E-state index in [1.54, 1.807) is 25.1 Å². The van der Waals surface area contributed by atoms with Crippen LogP contribution in [0.2, 0.25) is 5.02 Å². The average Bonchev–Trinajstić information content (AvgIpc) is 2.98. The zero-order valence-corrected chi connectivity index (χ0v) is 13.5. The van der Waals surface area contributed by atoms with Gasteiger partial charge in [0.05, 0.1) is 10.9 Å². The topological polar surface area (TPSA) is 46.2 Å². The molecule has 0 radical (unpaired) electrons. The van der Waals surface area contributed by atoms with Crippen molar-refractivity contribution in [3.05, 3.63) is 57.0 Å². The van der Waals surface area contributed by atoms with Crippen molar-refractivity contribution >= 4 is 34.6 Å². The number of thiophene rings is 1. The number of nitrogens with one attached hydrogen (secondary N) is 1. The van der Waals surface area contributed by atoms with E-state index < -0.39 is 5.82 Å². The van der Waals surface area contributed by atoms with Crippen molar-refractivity contribution < 1.29 is 14.0 Å². The molecule has 2 rings (SSSR count). The van der Waals surface area contributed by atoms with Gasteiger partial charge in [-0.2, -0.15) is 0 Å². The SMILES string of the molecule is CC(NC(=O)CCC(=O)c1cccs1)c1ccc(F)cc1Cl. The molecule has 1 atom stereocenters. The second-order valence-electron chi connectivity index (χ2n) is 4.86. The Kier molecular flexibility index (Phi) is 5.69. The molecule has 1 unspecified atom stereocenters. The normalized spacial score (nSPS) is 12.0. The van der Waals surface area contributed by atoms with E-state index in [4.69, 9.17) is 11.6 Å². The average molecular weight is 340 g/mol. The van der Waals surface area contributed by atoms with Crippen molar-refractivity contribution in [2.24, 2.45) is 0 Å². The minimum Gasteiger partial charge on any atom is -0.350 e. The zero-order valence-electron chi connectivity index (χ0n) is 11.9. The van der Waals surface area contributed by atoms with Crippen molar-refractivity contribution in [3.8, 4) is 0 Å². The molecule has 1 heterocycles. The molecule has 0 saturated heterocycles. The fourth-order valence-electron chi connectivity index (χ4n) is 2.03. The van der Waals surface area contributed by atoms with Crippen LogP contribution in [0.1, 0.15) is 41.0 Å². The Labute approximate surface area is 137 Å². The van der Waals surface area contributed by atoms with E-state index in [1.165, 1.54) is 23.5 Å². The summed E-state index contributed by atoms with van der Waals surface area (Å²) in [6.07, 6.45) is 0.274. The zero-order chi connectivity index (χ0) is 16.1. The molecule has 0 fully saturated rings. The Morgan fingerprint density at radius 1 is 1.32 bits per heavy atom. The summed E-state index contributed by atoms with van der Waals surface area (Å²) >= 11 is 7.32. The number of carbonyl (C=O) groups is 2. The van der Waals surface area contributed by atoms with Crippen molar-refractivity contribution in [1.82, 2.24) is 5.32 Å². The number of carbonyl (C=O) groups excluding carboxylic acids is 2. The number of hydrogen-bond acceptors (Lipinski definition) is 3. The first-order valence-corrected chi connectivity index (χ1v) is 8.04. The second kappa shape index (κ2) is 7.51. The summed E-state index contributed by atoms with van der Waals surface area (Å²) in [6, 6.07) is 7.24. The van der Waals surface area contributed by atoms with E-state index in [1.807, 2.05) is 5.38 Å². The lowest BCUT2D eigenvalue weighted by atomic mass is 10.1. The van der Waals surface area contributed by atoms with Crippen LogP contribution in [0.15, 0.2) is 35.7 Å². The number of hydrogen-bond donors (Lipinski definition) is 1. The molecule has 1 N–H and O–H groups in total. The molecule has 1 amide bonds. The molecular formula is C16H15ClFNO2S. The third kappa shape index (κ3) is 4.39. The second-order valence-corrected chi connectivity index (χ2v) is 6.21. The fraction of sp³-hybridized carbons (Fsp3) is 0.250. The van der Waals surface area contributed by atoms with E-state index in [0.717, 1.165) is 0 Å². The maximum Gasteiger partial charge on any atom is 0.220 e. The lowest BCUT2D eigenvalue weighted by molar-refractivity contribution is -0.121. The molecule has 2 aromatic rings. The smallest absolute Gasteiger partial charge is 0.220 e. The van der Waals surface area contributed by atoms with Gasteiger partial charge in [-0.15, -0.1) is 11.3 Å². The maximum absolute atomic E-state index is 13.0. The van der Waals surface area contributed by atoms with E-state index in [0.29, 0.717) is 10.4 Å². The van der Waals surface area contributed by atoms with Gasteiger partial charge in [0.1, 0.15) is 5.82 Å². The monoisotopic (exact) mass is 339 g/mol. The number of rotatable bonds is 6. The number of benzene rings is 1. The summed E-state index contributed by atoms with van der Waals surface area (Å²) in [7, 11) is 0. The molecule has 0 aliphatic heterocycles. The van der Waals surface area contributed by atoms with Crippen LogP contribution in [-0.2, 0) is 4.79 Å². The van der Waals surface area contributed by atoms with Crippen LogP contribution in [0, 0.1) is 5.82 Å². The molecule has 22 heavy (non-hydrogen) atoms. The summed E-state index contributed by atoms with van der Waals surface area (Å²) in [6.45, 7) is 1.76. The Morgan fingerprint density at radius 3 is 2.73 bits per heavy atom. The molecule has 0 spiro atoms. The van der Waals surface area contributed by atoms with Crippen molar-refractivity contribution in [2.75, 3.05) is 0 Å². The van der Waals surface area contributed by atoms with E-state index in [2.05, 4.69) is 5.32 Å². The van der Waals surface area contributed by atoms with Crippen LogP contribution in [0.5, 0.6) is 0 Å². The minimum absolute atomic E-state index is 0.0439. The van der Waals surface area contributed by atoms with Crippen molar-refractivity contribution in [2.45, 2.75) is 25.8 Å². The van der Waals surface area contributed by atoms with E-state index in [9.17, 15) is 14.0 Å². The quantitative estimate of drug-likeness (QED) is 0.794. The standard InChI is InChI=1S/C16H15ClFNO2S/c1-10(12-5-4-11(18)9-13(12)17)19-16(21)7-6-14(20)15-3-2-8-22-15/h2-5,8-10H,6-7H2,1H3,(H,19,21). The molecule has 3 nitrogen and oxygen atoms in total. The minimum atomic E-state index is -0.422. The van der Waals surface area contributed by atoms with Crippen molar-refractivity contribution in [1.29, 1.82) is 0 Å². The highest BCUT2D eigenvalue weighted by molar-refractivity contribution is 7.12. The van der Waals surface area contributed by atoms with E-state index in [-0.39, 0.29) is 35.6 Å². The third-order valence-corrected chi connectivity index (χ3v) is 4.42. The number of Topliss-reactive ketones (excluding diaryl/α,β-unsaturated/α-hetero) is 1. The first-order chi connectivity index (χ1) is 10.5. The molecule has 116 valence electrons. The Hall–Kier alpha value is -1.72. The number of halogens is 2. The molecule has 6 heteroatoms. The summed E-state index contributed by atoms with van der Waals surface area (Å²) in [5.41, 5.74) is 0.640. The third-order valence-electron chi connectivity index (χ3n) is 3.18. The first-order valence-electron chi connectivity index (χ1n) is 6.78. The summed E-state index contributed by atoms with van der Waals surface area (Å²) in [4.78, 5) is 24.4. The van der Waals surface area contributed by atoms with Gasteiger partial charge in [0.25, 0.3) is 0 Å². The molecule has 0 aliphatic rings. The molecule has 0 aliphatic carbocycles. The molecule has 1 aromatic heterocycles. The molecular weight excluding hydrogens is 325 g/mol. The van der Waals surface area contributed by atoms with Crippen LogP contribution in [-0.4, -0.2) is 11.7 Å². The van der Waals surface area contributed by atoms with Crippen LogP contribution in [0.4, 0.5) is 4.39 Å². The van der Waals surface area contributed by atoms with Crippen LogP contribution in [0.3, 0.4) is 0 Å². The predicted octanol–water partition coefficient (Wildman–Crippen LogP) is 4.38. The summed E-state index contributed by atoms with van der Waals surface area (Å²) in [5.74, 6) is -0.704.